The standard InChI is InChI=1S/C30H31N7O3/c1-7-40-27-15-25(33-16-26(27)31-5)19(3)37-10-8-22-23(29-18(2)12-28(38)35(6)34-29)13-21(14-24(22)30(37)39)17-36-11-9-32-20(36)4/h9,11-16,19H,7-8,10,17H2,1-4,6H3/t19-/m0/s1. The summed E-state index contributed by atoms with van der Waals surface area (Å²) in [7, 11) is 1.63. The number of ether oxygens (including phenoxy) is 1. The van der Waals surface area contributed by atoms with Crippen LogP contribution in [0.25, 0.3) is 16.1 Å². The molecule has 1 aliphatic rings. The largest absolute Gasteiger partial charge is 0.505 e. The van der Waals surface area contributed by atoms with Gasteiger partial charge in [0, 0.05) is 55.9 Å². The normalized spacial score (nSPS) is 13.6. The van der Waals surface area contributed by atoms with Crippen molar-refractivity contribution in [1.82, 2.24) is 29.2 Å². The number of benzene rings is 1. The second-order valence-corrected chi connectivity index (χ2v) is 9.96. The van der Waals surface area contributed by atoms with Gasteiger partial charge in [-0.25, -0.2) is 14.5 Å². The molecule has 0 saturated heterocycles. The fraction of sp³-hybridized carbons (Fsp3) is 0.333. The van der Waals surface area contributed by atoms with Crippen molar-refractivity contribution in [1.29, 1.82) is 0 Å². The van der Waals surface area contributed by atoms with Crippen molar-refractivity contribution < 1.29 is 9.53 Å². The third-order valence-corrected chi connectivity index (χ3v) is 7.40. The van der Waals surface area contributed by atoms with Crippen molar-refractivity contribution in [3.05, 3.63) is 98.4 Å². The van der Waals surface area contributed by atoms with Gasteiger partial charge in [0.05, 0.1) is 30.6 Å². The quantitative estimate of drug-likeness (QED) is 0.324. The Kier molecular flexibility index (Phi) is 7.22. The summed E-state index contributed by atoms with van der Waals surface area (Å²) >= 11 is 0. The second-order valence-electron chi connectivity index (χ2n) is 9.96. The van der Waals surface area contributed by atoms with Crippen LogP contribution in [-0.2, 0) is 20.0 Å². The first-order valence-electron chi connectivity index (χ1n) is 13.2. The molecule has 3 aromatic heterocycles. The Labute approximate surface area is 232 Å². The number of imidazole rings is 1. The average molecular weight is 538 g/mol. The lowest BCUT2D eigenvalue weighted by molar-refractivity contribution is 0.0669. The van der Waals surface area contributed by atoms with E-state index in [1.54, 1.807) is 25.4 Å². The number of aromatic nitrogens is 5. The van der Waals surface area contributed by atoms with Gasteiger partial charge >= 0.3 is 0 Å². The summed E-state index contributed by atoms with van der Waals surface area (Å²) in [5.41, 5.74) is 5.60. The third-order valence-electron chi connectivity index (χ3n) is 7.40. The average Bonchev–Trinajstić information content (AvgIpc) is 3.34. The van der Waals surface area contributed by atoms with Gasteiger partial charge in [0.25, 0.3) is 11.5 Å². The van der Waals surface area contributed by atoms with Gasteiger partial charge in [0.15, 0.2) is 0 Å². The monoisotopic (exact) mass is 537 g/mol. The fourth-order valence-electron chi connectivity index (χ4n) is 5.20. The molecule has 10 nitrogen and oxygen atoms in total. The molecule has 5 rings (SSSR count). The van der Waals surface area contributed by atoms with E-state index in [1.807, 2.05) is 49.4 Å². The zero-order valence-corrected chi connectivity index (χ0v) is 23.3. The molecule has 4 aromatic rings. The van der Waals surface area contributed by atoms with E-state index in [4.69, 9.17) is 11.3 Å². The Hall–Kier alpha value is -4.78. The van der Waals surface area contributed by atoms with Gasteiger partial charge < -0.3 is 14.2 Å². The lowest BCUT2D eigenvalue weighted by atomic mass is 9.88. The van der Waals surface area contributed by atoms with E-state index in [2.05, 4.69) is 26.0 Å². The lowest BCUT2D eigenvalue weighted by Crippen LogP contribution is -2.40. The Morgan fingerprint density at radius 2 is 1.90 bits per heavy atom. The maximum absolute atomic E-state index is 14.1. The van der Waals surface area contributed by atoms with Gasteiger partial charge in [-0.15, -0.1) is 0 Å². The molecule has 0 radical (unpaired) electrons. The van der Waals surface area contributed by atoms with E-state index in [0.717, 1.165) is 28.1 Å². The van der Waals surface area contributed by atoms with E-state index < -0.39 is 0 Å². The number of pyridine rings is 1. The zero-order chi connectivity index (χ0) is 28.6. The summed E-state index contributed by atoms with van der Waals surface area (Å²) in [6.45, 7) is 16.5. The van der Waals surface area contributed by atoms with Gasteiger partial charge in [0.2, 0.25) is 5.69 Å². The van der Waals surface area contributed by atoms with E-state index in [1.165, 1.54) is 10.9 Å². The molecular formula is C30H31N7O3. The van der Waals surface area contributed by atoms with Crippen LogP contribution in [0.5, 0.6) is 5.75 Å². The maximum Gasteiger partial charge on any atom is 0.266 e. The number of nitrogens with zero attached hydrogens (tertiary/aromatic N) is 7. The van der Waals surface area contributed by atoms with Crippen LogP contribution < -0.4 is 10.3 Å². The third kappa shape index (κ3) is 4.86. The summed E-state index contributed by atoms with van der Waals surface area (Å²) in [5.74, 6) is 1.24. The summed E-state index contributed by atoms with van der Waals surface area (Å²) in [4.78, 5) is 40.5. The van der Waals surface area contributed by atoms with Crippen LogP contribution in [0.4, 0.5) is 5.69 Å². The summed E-state index contributed by atoms with van der Waals surface area (Å²) in [6, 6.07) is 7.03. The first-order chi connectivity index (χ1) is 19.2. The minimum atomic E-state index is -0.333. The van der Waals surface area contributed by atoms with Gasteiger partial charge in [0.1, 0.15) is 11.6 Å². The lowest BCUT2D eigenvalue weighted by Gasteiger charge is -2.34. The number of amides is 1. The fourth-order valence-corrected chi connectivity index (χ4v) is 5.20. The number of aryl methyl sites for hydroxylation is 3. The number of hydrogen-bond donors (Lipinski definition) is 0. The van der Waals surface area contributed by atoms with E-state index >= 15 is 0 Å². The molecule has 1 aliphatic heterocycles. The van der Waals surface area contributed by atoms with Gasteiger partial charge in [-0.3, -0.25) is 14.6 Å². The first kappa shape index (κ1) is 26.8. The van der Waals surface area contributed by atoms with E-state index in [9.17, 15) is 9.59 Å². The Morgan fingerprint density at radius 1 is 1.12 bits per heavy atom. The molecule has 0 spiro atoms. The highest BCUT2D eigenvalue weighted by atomic mass is 16.5. The first-order valence-corrected chi connectivity index (χ1v) is 13.2. The van der Waals surface area contributed by atoms with Crippen molar-refractivity contribution in [2.24, 2.45) is 7.05 Å². The van der Waals surface area contributed by atoms with Crippen LogP contribution in [0.1, 0.15) is 58.5 Å². The maximum atomic E-state index is 14.1. The van der Waals surface area contributed by atoms with Crippen LogP contribution in [0, 0.1) is 20.4 Å². The molecule has 0 aliphatic carbocycles. The molecule has 1 atom stereocenters. The van der Waals surface area contributed by atoms with Crippen LogP contribution in [0.3, 0.4) is 0 Å². The van der Waals surface area contributed by atoms with Crippen molar-refractivity contribution >= 4 is 11.6 Å². The predicted molar refractivity (Wildman–Crippen MR) is 151 cm³/mol. The van der Waals surface area contributed by atoms with Gasteiger partial charge in [-0.05, 0) is 69.0 Å². The number of hydrogen-bond acceptors (Lipinski definition) is 6. The molecule has 0 bridgehead atoms. The van der Waals surface area contributed by atoms with E-state index in [-0.39, 0.29) is 17.5 Å². The Balaban J connectivity index is 1.59. The van der Waals surface area contributed by atoms with Gasteiger partial charge in [-0.2, -0.15) is 5.10 Å². The highest BCUT2D eigenvalue weighted by Gasteiger charge is 2.32. The highest BCUT2D eigenvalue weighted by Crippen LogP contribution is 2.36. The molecule has 0 N–H and O–H groups in total. The minimum absolute atomic E-state index is 0.101. The van der Waals surface area contributed by atoms with Crippen LogP contribution in [0.15, 0.2) is 47.7 Å². The molecule has 0 unspecified atom stereocenters. The molecule has 4 heterocycles. The SMILES string of the molecule is [C-]#[N+]c1cnc([C@H](C)N2CCc3c(cc(Cn4ccnc4C)cc3-c3nn(C)c(=O)cc3C)C2=O)cc1OCC. The minimum Gasteiger partial charge on any atom is -0.505 e. The summed E-state index contributed by atoms with van der Waals surface area (Å²) in [5, 5.41) is 4.59. The topological polar surface area (TPSA) is 99.5 Å². The predicted octanol–water partition coefficient (Wildman–Crippen LogP) is 4.41. The van der Waals surface area contributed by atoms with Crippen LogP contribution in [-0.4, -0.2) is 48.3 Å². The number of fused-ring (bicyclic) bond motifs is 1. The zero-order valence-electron chi connectivity index (χ0n) is 23.3. The molecule has 1 aromatic carbocycles. The van der Waals surface area contributed by atoms with E-state index in [0.29, 0.717) is 54.5 Å². The van der Waals surface area contributed by atoms with Crippen LogP contribution in [0.2, 0.25) is 0 Å². The number of carbonyl (C=O) groups excluding carboxylic acids is 1. The smallest absolute Gasteiger partial charge is 0.266 e. The Bertz CT molecular complexity index is 1710. The molecule has 0 fully saturated rings. The molecular weight excluding hydrogens is 506 g/mol. The molecule has 10 heteroatoms. The molecule has 1 amide bonds. The molecule has 204 valence electrons. The number of carbonyl (C=O) groups is 1. The van der Waals surface area contributed by atoms with Crippen molar-refractivity contribution in [3.8, 4) is 17.0 Å². The Morgan fingerprint density at radius 3 is 2.60 bits per heavy atom. The second kappa shape index (κ2) is 10.8. The van der Waals surface area contributed by atoms with Crippen molar-refractivity contribution in [2.45, 2.75) is 46.7 Å². The van der Waals surface area contributed by atoms with Crippen molar-refractivity contribution in [3.63, 3.8) is 0 Å². The number of rotatable bonds is 7. The van der Waals surface area contributed by atoms with Gasteiger partial charge in [-0.1, -0.05) is 0 Å². The molecule has 40 heavy (non-hydrogen) atoms. The summed E-state index contributed by atoms with van der Waals surface area (Å²) in [6.07, 6.45) is 5.79. The van der Waals surface area contributed by atoms with Crippen LogP contribution >= 0.6 is 0 Å². The highest BCUT2D eigenvalue weighted by molar-refractivity contribution is 5.99. The molecule has 0 saturated carbocycles. The van der Waals surface area contributed by atoms with Crippen molar-refractivity contribution in [2.75, 3.05) is 13.2 Å². The summed E-state index contributed by atoms with van der Waals surface area (Å²) < 4.78 is 9.02.